The van der Waals surface area contributed by atoms with Crippen molar-refractivity contribution in [1.29, 1.82) is 0 Å². The molecule has 2 unspecified atom stereocenters. The Kier molecular flexibility index (Phi) is 18.5. The molecule has 4 aromatic carbocycles. The first-order valence-corrected chi connectivity index (χ1v) is 17.9. The van der Waals surface area contributed by atoms with Crippen LogP contribution in [0.15, 0.2) is 78.9 Å². The molecule has 2 aromatic heterocycles. The minimum absolute atomic E-state index is 0. The molecule has 0 spiro atoms. The molecule has 0 aliphatic rings. The van der Waals surface area contributed by atoms with Gasteiger partial charge in [0.05, 0.1) is 23.7 Å². The number of para-hydroxylation sites is 2. The fourth-order valence-electron chi connectivity index (χ4n) is 6.10. The Balaban J connectivity index is 0.000000315. The van der Waals surface area contributed by atoms with E-state index in [9.17, 15) is 8.78 Å². The molecule has 12 heteroatoms. The number of halogens is 2. The molecule has 2 radical (unpaired) electrons. The summed E-state index contributed by atoms with van der Waals surface area (Å²) in [5.74, 6) is 3.10. The first-order valence-electron chi connectivity index (χ1n) is 17.9. The molecule has 0 saturated carbocycles. The Labute approximate surface area is 351 Å². The summed E-state index contributed by atoms with van der Waals surface area (Å²) in [6.07, 6.45) is -0.278. The zero-order chi connectivity index (χ0) is 39.0. The van der Waals surface area contributed by atoms with Crippen molar-refractivity contribution in [3.8, 4) is 34.2 Å². The van der Waals surface area contributed by atoms with E-state index in [1.807, 2.05) is 12.1 Å². The van der Waals surface area contributed by atoms with Crippen LogP contribution >= 0.6 is 0 Å². The Bertz CT molecular complexity index is 1900. The zero-order valence-electron chi connectivity index (χ0n) is 33.0. The number of aliphatic hydroxyl groups excluding tert-OH is 2. The van der Waals surface area contributed by atoms with Crippen molar-refractivity contribution in [1.82, 2.24) is 29.5 Å². The summed E-state index contributed by atoms with van der Waals surface area (Å²) in [6, 6.07) is 26.2. The van der Waals surface area contributed by atoms with Crippen LogP contribution in [0.2, 0.25) is 0 Å². The summed E-state index contributed by atoms with van der Waals surface area (Å²) >= 11 is 0. The number of aliphatic hydroxyl groups is 2. The van der Waals surface area contributed by atoms with Crippen molar-refractivity contribution in [2.45, 2.75) is 99.7 Å². The maximum Gasteiger partial charge on any atom is 0.168 e. The first kappa shape index (κ1) is 47.4. The third-order valence-corrected chi connectivity index (χ3v) is 8.54. The average molecular weight is 1110 g/mol. The van der Waals surface area contributed by atoms with Crippen LogP contribution < -0.4 is 0 Å². The molecule has 8 nitrogen and oxygen atoms in total. The van der Waals surface area contributed by atoms with Gasteiger partial charge in [-0.1, -0.05) is 64.1 Å². The predicted octanol–water partition coefficient (Wildman–Crippen LogP) is 9.56. The van der Waals surface area contributed by atoms with Gasteiger partial charge in [0, 0.05) is 69.1 Å². The van der Waals surface area contributed by atoms with Gasteiger partial charge in [-0.15, -0.1) is 45.1 Å². The molecule has 0 amide bonds. The SMILES string of the molecule is CC(O)CC(C)O.Cc1cccc(C)c1-n1c(-c2[c-]cc(F)cc2)nnc1C(C)C.Cc1cccc(C)c1-n1c(-c2ccc(F)cc2)nnc1C(C)C.[Ir].[Ir]. The zero-order valence-corrected chi connectivity index (χ0v) is 37.8. The Morgan fingerprint density at radius 2 is 0.964 bits per heavy atom. The van der Waals surface area contributed by atoms with Crippen molar-refractivity contribution < 1.29 is 59.2 Å². The summed E-state index contributed by atoms with van der Waals surface area (Å²) in [5.41, 5.74) is 8.38. The molecule has 6 aromatic rings. The average Bonchev–Trinajstić information content (AvgIpc) is 3.71. The Morgan fingerprint density at radius 1 is 0.564 bits per heavy atom. The smallest absolute Gasteiger partial charge is 0.168 e. The third-order valence-electron chi connectivity index (χ3n) is 8.54. The summed E-state index contributed by atoms with van der Waals surface area (Å²) in [7, 11) is 0. The van der Waals surface area contributed by atoms with E-state index in [2.05, 4.69) is 115 Å². The summed E-state index contributed by atoms with van der Waals surface area (Å²) in [6.45, 7) is 20.0. The topological polar surface area (TPSA) is 102 Å². The van der Waals surface area contributed by atoms with Gasteiger partial charge in [-0.25, -0.2) is 4.39 Å². The molecule has 6 rings (SSSR count). The molecule has 2 N–H and O–H groups in total. The molecule has 0 fully saturated rings. The number of nitrogens with zero attached hydrogens (tertiary/aromatic N) is 6. The van der Waals surface area contributed by atoms with Gasteiger partial charge in [-0.2, -0.15) is 5.10 Å². The van der Waals surface area contributed by atoms with Crippen molar-refractivity contribution in [3.63, 3.8) is 0 Å². The van der Waals surface area contributed by atoms with E-state index in [1.165, 1.54) is 24.3 Å². The van der Waals surface area contributed by atoms with E-state index in [0.29, 0.717) is 12.2 Å². The standard InChI is InChI=1S/C19H20FN3.C19H19FN3.C5H12O2.2Ir/c2*1-12(2)18-21-22-19(15-8-10-16(20)11-9-15)23(18)17-13(3)6-5-7-14(17)4;1-4(6)3-5(2)7;;/h5-12H,1-4H3;5-8,10-12H,1-4H3;4-7H,3H2,1-2H3;;/q;-1;;;. The number of rotatable bonds is 8. The van der Waals surface area contributed by atoms with Crippen LogP contribution in [0.25, 0.3) is 34.2 Å². The summed E-state index contributed by atoms with van der Waals surface area (Å²) < 4.78 is 30.6. The van der Waals surface area contributed by atoms with Gasteiger partial charge in [0.25, 0.3) is 0 Å². The quantitative estimate of drug-likeness (QED) is 0.147. The van der Waals surface area contributed by atoms with Crippen molar-refractivity contribution in [3.05, 3.63) is 130 Å². The predicted molar refractivity (Wildman–Crippen MR) is 207 cm³/mol. The number of hydrogen-bond acceptors (Lipinski definition) is 6. The van der Waals surface area contributed by atoms with Crippen molar-refractivity contribution in [2.75, 3.05) is 0 Å². The fourth-order valence-corrected chi connectivity index (χ4v) is 6.10. The van der Waals surface area contributed by atoms with Gasteiger partial charge in [-0.05, 0) is 94.5 Å². The van der Waals surface area contributed by atoms with Crippen LogP contribution in [0.1, 0.15) is 93.7 Å². The minimum atomic E-state index is -0.375. The van der Waals surface area contributed by atoms with Gasteiger partial charge < -0.3 is 14.8 Å². The minimum Gasteiger partial charge on any atom is -0.393 e. The number of aryl methyl sites for hydroxylation is 4. The number of benzene rings is 4. The molecule has 2 atom stereocenters. The molecule has 0 aliphatic heterocycles. The third kappa shape index (κ3) is 12.1. The molecular weight excluding hydrogens is 1050 g/mol. The second-order valence-electron chi connectivity index (χ2n) is 14.1. The molecule has 0 bridgehead atoms. The molecule has 0 aliphatic carbocycles. The van der Waals surface area contributed by atoms with Crippen molar-refractivity contribution >= 4 is 0 Å². The fraction of sp³-hybridized carbons (Fsp3) is 0.349. The summed E-state index contributed by atoms with van der Waals surface area (Å²) in [5, 5.41) is 34.6. The molecule has 55 heavy (non-hydrogen) atoms. The maximum atomic E-state index is 13.2. The van der Waals surface area contributed by atoms with E-state index in [4.69, 9.17) is 10.2 Å². The first-order chi connectivity index (χ1) is 25.1. The van der Waals surface area contributed by atoms with Gasteiger partial charge in [0.1, 0.15) is 17.5 Å². The monoisotopic (exact) mass is 1110 g/mol. The van der Waals surface area contributed by atoms with E-state index in [-0.39, 0.29) is 75.9 Å². The maximum absolute atomic E-state index is 13.2. The second-order valence-corrected chi connectivity index (χ2v) is 14.1. The van der Waals surface area contributed by atoms with E-state index < -0.39 is 0 Å². The normalized spacial score (nSPS) is 11.8. The van der Waals surface area contributed by atoms with Crippen LogP contribution in [0.5, 0.6) is 0 Å². The van der Waals surface area contributed by atoms with Gasteiger partial charge >= 0.3 is 0 Å². The van der Waals surface area contributed by atoms with Gasteiger partial charge in [-0.3, -0.25) is 8.96 Å². The van der Waals surface area contributed by atoms with Gasteiger partial charge in [0.15, 0.2) is 5.82 Å². The number of hydrogen-bond donors (Lipinski definition) is 2. The van der Waals surface area contributed by atoms with Crippen LogP contribution in [-0.2, 0) is 40.2 Å². The molecular formula is C43H51F2Ir2N6O2-. The van der Waals surface area contributed by atoms with Crippen LogP contribution in [-0.4, -0.2) is 51.9 Å². The molecule has 2 heterocycles. The van der Waals surface area contributed by atoms with Gasteiger partial charge in [0.2, 0.25) is 0 Å². The Hall–Kier alpha value is -3.76. The van der Waals surface area contributed by atoms with Crippen LogP contribution in [0.4, 0.5) is 8.78 Å². The van der Waals surface area contributed by atoms with Crippen molar-refractivity contribution in [2.24, 2.45) is 0 Å². The largest absolute Gasteiger partial charge is 0.393 e. The second kappa shape index (κ2) is 21.5. The summed E-state index contributed by atoms with van der Waals surface area (Å²) in [4.78, 5) is 0. The number of aromatic nitrogens is 6. The molecule has 0 saturated heterocycles. The van der Waals surface area contributed by atoms with E-state index in [1.54, 1.807) is 32.0 Å². The van der Waals surface area contributed by atoms with Crippen LogP contribution in [0, 0.1) is 45.4 Å². The van der Waals surface area contributed by atoms with E-state index in [0.717, 1.165) is 62.2 Å². The van der Waals surface area contributed by atoms with E-state index >= 15 is 0 Å². The molecule has 298 valence electrons. The Morgan fingerprint density at radius 3 is 1.33 bits per heavy atom. The van der Waals surface area contributed by atoms with Crippen LogP contribution in [0.3, 0.4) is 0 Å².